The zero-order valence-corrected chi connectivity index (χ0v) is 9.41. The van der Waals surface area contributed by atoms with E-state index in [1.54, 1.807) is 0 Å². The molecule has 0 amide bonds. The van der Waals surface area contributed by atoms with Gasteiger partial charge in [0.25, 0.3) is 0 Å². The van der Waals surface area contributed by atoms with Crippen molar-refractivity contribution in [2.45, 2.75) is 39.0 Å². The van der Waals surface area contributed by atoms with E-state index in [4.69, 9.17) is 0 Å². The minimum atomic E-state index is 0.327. The van der Waals surface area contributed by atoms with Crippen LogP contribution in [0.1, 0.15) is 36.8 Å². The predicted octanol–water partition coefficient (Wildman–Crippen LogP) is 2.40. The number of fused-ring (bicyclic) bond motifs is 1. The van der Waals surface area contributed by atoms with Gasteiger partial charge in [0.2, 0.25) is 5.78 Å². The van der Waals surface area contributed by atoms with E-state index >= 15 is 0 Å². The molecule has 0 bridgehead atoms. The van der Waals surface area contributed by atoms with Crippen LogP contribution in [0.3, 0.4) is 0 Å². The molecule has 0 spiro atoms. The lowest BCUT2D eigenvalue weighted by molar-refractivity contribution is 0.758. The number of aromatic nitrogens is 3. The molecule has 3 nitrogen and oxygen atoms in total. The molecular formula is C12H15N3. The fourth-order valence-corrected chi connectivity index (χ4v) is 2.01. The summed E-state index contributed by atoms with van der Waals surface area (Å²) in [5.41, 5.74) is 3.77. The highest BCUT2D eigenvalue weighted by atomic mass is 15.1. The first-order valence-corrected chi connectivity index (χ1v) is 5.42. The highest BCUT2D eigenvalue weighted by Crippen LogP contribution is 2.46. The van der Waals surface area contributed by atoms with Gasteiger partial charge in [-0.05, 0) is 32.8 Å². The zero-order chi connectivity index (χ0) is 10.6. The molecule has 1 fully saturated rings. The van der Waals surface area contributed by atoms with Gasteiger partial charge < -0.3 is 0 Å². The summed E-state index contributed by atoms with van der Waals surface area (Å²) in [5, 5.41) is 0. The molecule has 0 atom stereocenters. The van der Waals surface area contributed by atoms with E-state index in [1.807, 2.05) is 6.92 Å². The monoisotopic (exact) mass is 201 g/mol. The fourth-order valence-electron chi connectivity index (χ4n) is 2.01. The van der Waals surface area contributed by atoms with Crippen molar-refractivity contribution in [3.05, 3.63) is 29.3 Å². The number of hydrogen-bond donors (Lipinski definition) is 0. The second-order valence-electron chi connectivity index (χ2n) is 4.90. The first-order chi connectivity index (χ1) is 7.08. The van der Waals surface area contributed by atoms with Crippen molar-refractivity contribution >= 4 is 5.78 Å². The van der Waals surface area contributed by atoms with Crippen LogP contribution in [0.5, 0.6) is 0 Å². The topological polar surface area (TPSA) is 30.2 Å². The van der Waals surface area contributed by atoms with Crippen LogP contribution < -0.4 is 0 Å². The molecule has 2 aromatic rings. The summed E-state index contributed by atoms with van der Waals surface area (Å²) < 4.78 is 2.09. The molecule has 0 saturated heterocycles. The lowest BCUT2D eigenvalue weighted by atomic mass is 10.1. The van der Waals surface area contributed by atoms with Crippen LogP contribution in [0.4, 0.5) is 0 Å². The SMILES string of the molecule is Cc1cc(C)n2cc(C3(C)CC3)nc2n1. The molecule has 78 valence electrons. The van der Waals surface area contributed by atoms with Crippen LogP contribution in [0, 0.1) is 13.8 Å². The van der Waals surface area contributed by atoms with Crippen molar-refractivity contribution in [3.8, 4) is 0 Å². The summed E-state index contributed by atoms with van der Waals surface area (Å²) in [7, 11) is 0. The Hall–Kier alpha value is -1.38. The smallest absolute Gasteiger partial charge is 0.234 e. The van der Waals surface area contributed by atoms with E-state index in [1.165, 1.54) is 24.2 Å². The molecule has 1 aliphatic carbocycles. The lowest BCUT2D eigenvalue weighted by Gasteiger charge is -2.00. The van der Waals surface area contributed by atoms with Crippen LogP contribution in [-0.4, -0.2) is 14.4 Å². The van der Waals surface area contributed by atoms with Crippen LogP contribution in [0.15, 0.2) is 12.3 Å². The fraction of sp³-hybridized carbons (Fsp3) is 0.500. The molecule has 1 aliphatic rings. The van der Waals surface area contributed by atoms with E-state index in [2.05, 4.69) is 40.5 Å². The average molecular weight is 201 g/mol. The van der Waals surface area contributed by atoms with Gasteiger partial charge in [-0.1, -0.05) is 6.92 Å². The van der Waals surface area contributed by atoms with Gasteiger partial charge >= 0.3 is 0 Å². The van der Waals surface area contributed by atoms with Gasteiger partial charge in [-0.2, -0.15) is 0 Å². The summed E-state index contributed by atoms with van der Waals surface area (Å²) in [4.78, 5) is 9.07. The van der Waals surface area contributed by atoms with Crippen molar-refractivity contribution < 1.29 is 0 Å². The maximum absolute atomic E-state index is 4.62. The maximum atomic E-state index is 4.62. The Morgan fingerprint density at radius 1 is 1.27 bits per heavy atom. The van der Waals surface area contributed by atoms with Crippen molar-refractivity contribution in [2.75, 3.05) is 0 Å². The van der Waals surface area contributed by atoms with Crippen LogP contribution >= 0.6 is 0 Å². The molecule has 15 heavy (non-hydrogen) atoms. The lowest BCUT2D eigenvalue weighted by Crippen LogP contribution is -1.98. The van der Waals surface area contributed by atoms with Gasteiger partial charge in [0.15, 0.2) is 0 Å². The Morgan fingerprint density at radius 2 is 2.00 bits per heavy atom. The molecule has 2 heterocycles. The normalized spacial score (nSPS) is 18.3. The Kier molecular flexibility index (Phi) is 1.54. The minimum absolute atomic E-state index is 0.327. The van der Waals surface area contributed by atoms with Crippen molar-refractivity contribution in [2.24, 2.45) is 0 Å². The Bertz CT molecular complexity index is 535. The average Bonchev–Trinajstić information content (AvgIpc) is 2.77. The molecule has 0 radical (unpaired) electrons. The van der Waals surface area contributed by atoms with Crippen molar-refractivity contribution in [1.29, 1.82) is 0 Å². The van der Waals surface area contributed by atoms with E-state index in [9.17, 15) is 0 Å². The van der Waals surface area contributed by atoms with E-state index < -0.39 is 0 Å². The number of hydrogen-bond acceptors (Lipinski definition) is 2. The number of aryl methyl sites for hydroxylation is 2. The van der Waals surface area contributed by atoms with Crippen molar-refractivity contribution in [1.82, 2.24) is 14.4 Å². The Balaban J connectivity index is 2.25. The summed E-state index contributed by atoms with van der Waals surface area (Å²) >= 11 is 0. The number of imidazole rings is 1. The van der Waals surface area contributed by atoms with Gasteiger partial charge in [-0.3, -0.25) is 4.40 Å². The predicted molar refractivity (Wildman–Crippen MR) is 59.0 cm³/mol. The zero-order valence-electron chi connectivity index (χ0n) is 9.41. The number of rotatable bonds is 1. The molecule has 3 rings (SSSR count). The Labute approximate surface area is 89.2 Å². The highest BCUT2D eigenvalue weighted by molar-refractivity contribution is 5.38. The molecular weight excluding hydrogens is 186 g/mol. The summed E-state index contributed by atoms with van der Waals surface area (Å²) in [5.74, 6) is 0.843. The Morgan fingerprint density at radius 3 is 2.67 bits per heavy atom. The van der Waals surface area contributed by atoms with Gasteiger partial charge in [-0.25, -0.2) is 9.97 Å². The summed E-state index contributed by atoms with van der Waals surface area (Å²) in [6.07, 6.45) is 4.66. The molecule has 2 aromatic heterocycles. The molecule has 1 saturated carbocycles. The third-order valence-corrected chi connectivity index (χ3v) is 3.38. The quantitative estimate of drug-likeness (QED) is 0.709. The first-order valence-electron chi connectivity index (χ1n) is 5.42. The molecule has 3 heteroatoms. The van der Waals surface area contributed by atoms with Crippen LogP contribution in [0.2, 0.25) is 0 Å². The third-order valence-electron chi connectivity index (χ3n) is 3.38. The summed E-state index contributed by atoms with van der Waals surface area (Å²) in [6.45, 7) is 6.39. The molecule has 0 aliphatic heterocycles. The number of nitrogens with zero attached hydrogens (tertiary/aromatic N) is 3. The third kappa shape index (κ3) is 1.26. The maximum Gasteiger partial charge on any atom is 0.234 e. The van der Waals surface area contributed by atoms with E-state index in [0.717, 1.165) is 11.5 Å². The van der Waals surface area contributed by atoms with Crippen LogP contribution in [-0.2, 0) is 5.41 Å². The minimum Gasteiger partial charge on any atom is -0.288 e. The van der Waals surface area contributed by atoms with Crippen molar-refractivity contribution in [3.63, 3.8) is 0 Å². The first kappa shape index (κ1) is 8.89. The second-order valence-corrected chi connectivity index (χ2v) is 4.90. The highest BCUT2D eigenvalue weighted by Gasteiger charge is 2.41. The second kappa shape index (κ2) is 2.60. The van der Waals surface area contributed by atoms with Gasteiger partial charge in [0.05, 0.1) is 5.69 Å². The van der Waals surface area contributed by atoms with Crippen LogP contribution in [0.25, 0.3) is 5.78 Å². The van der Waals surface area contributed by atoms with E-state index in [0.29, 0.717) is 5.41 Å². The largest absolute Gasteiger partial charge is 0.288 e. The molecule has 0 aromatic carbocycles. The van der Waals surface area contributed by atoms with Gasteiger partial charge in [-0.15, -0.1) is 0 Å². The van der Waals surface area contributed by atoms with Gasteiger partial charge in [0, 0.05) is 23.0 Å². The van der Waals surface area contributed by atoms with Gasteiger partial charge in [0.1, 0.15) is 0 Å². The molecule has 0 unspecified atom stereocenters. The van der Waals surface area contributed by atoms with E-state index in [-0.39, 0.29) is 0 Å². The standard InChI is InChI=1S/C12H15N3/c1-8-6-9(2)15-7-10(12(3)4-5-12)14-11(15)13-8/h6-7H,4-5H2,1-3H3. The molecule has 0 N–H and O–H groups in total. The summed E-state index contributed by atoms with van der Waals surface area (Å²) in [6, 6.07) is 2.09.